The van der Waals surface area contributed by atoms with Gasteiger partial charge in [0.1, 0.15) is 10.0 Å². The first-order chi connectivity index (χ1) is 9.74. The molecule has 3 rings (SSSR count). The molecule has 0 amide bonds. The molecule has 0 aliphatic carbocycles. The van der Waals surface area contributed by atoms with Gasteiger partial charge >= 0.3 is 0 Å². The molecule has 0 radical (unpaired) electrons. The van der Waals surface area contributed by atoms with Crippen molar-refractivity contribution in [3.63, 3.8) is 0 Å². The van der Waals surface area contributed by atoms with Crippen LogP contribution in [-0.4, -0.2) is 46.1 Å². The van der Waals surface area contributed by atoms with Crippen molar-refractivity contribution in [3.05, 3.63) is 45.9 Å². The fourth-order valence-corrected chi connectivity index (χ4v) is 3.23. The summed E-state index contributed by atoms with van der Waals surface area (Å²) in [6, 6.07) is 11.0. The third-order valence-electron chi connectivity index (χ3n) is 3.74. The highest BCUT2D eigenvalue weighted by molar-refractivity contribution is 7.10. The smallest absolute Gasteiger partial charge is 0.138 e. The zero-order valence-corrected chi connectivity index (χ0v) is 12.9. The van der Waals surface area contributed by atoms with Crippen LogP contribution in [-0.2, 0) is 6.54 Å². The molecule has 2 heterocycles. The first kappa shape index (κ1) is 13.9. The van der Waals surface area contributed by atoms with Gasteiger partial charge in [-0.2, -0.15) is 0 Å². The van der Waals surface area contributed by atoms with Gasteiger partial charge in [-0.05, 0) is 12.6 Å². The second kappa shape index (κ2) is 6.18. The van der Waals surface area contributed by atoms with Crippen molar-refractivity contribution in [1.29, 1.82) is 0 Å². The van der Waals surface area contributed by atoms with Crippen LogP contribution in [0.3, 0.4) is 0 Å². The summed E-state index contributed by atoms with van der Waals surface area (Å²) in [5.74, 6) is 0. The Balaban J connectivity index is 1.82. The molecule has 0 spiro atoms. The van der Waals surface area contributed by atoms with Gasteiger partial charge in [0.15, 0.2) is 0 Å². The lowest BCUT2D eigenvalue weighted by molar-refractivity contribution is 0.0823. The van der Waals surface area contributed by atoms with E-state index in [1.165, 1.54) is 17.1 Å². The number of benzene rings is 1. The van der Waals surface area contributed by atoms with Gasteiger partial charge in [0.25, 0.3) is 0 Å². The van der Waals surface area contributed by atoms with Crippen LogP contribution in [0.5, 0.6) is 0 Å². The fraction of sp³-hybridized carbons (Fsp3) is 0.429. The van der Waals surface area contributed by atoms with Gasteiger partial charge in [-0.1, -0.05) is 46.4 Å². The molecule has 106 valence electrons. The first-order valence-electron chi connectivity index (χ1n) is 6.68. The normalized spacial score (nSPS) is 21.2. The summed E-state index contributed by atoms with van der Waals surface area (Å²) in [5.41, 5.74) is 2.24. The molecule has 20 heavy (non-hydrogen) atoms. The second-order valence-electron chi connectivity index (χ2n) is 5.15. The molecule has 6 heteroatoms. The lowest BCUT2D eigenvalue weighted by Crippen LogP contribution is -2.46. The number of rotatable bonds is 3. The minimum Gasteiger partial charge on any atom is -0.303 e. The van der Waals surface area contributed by atoms with Crippen LogP contribution < -0.4 is 0 Å². The van der Waals surface area contributed by atoms with E-state index in [0.717, 1.165) is 31.9 Å². The Morgan fingerprint density at radius 1 is 1.30 bits per heavy atom. The van der Waals surface area contributed by atoms with Crippen molar-refractivity contribution < 1.29 is 0 Å². The highest BCUT2D eigenvalue weighted by Crippen LogP contribution is 2.28. The van der Waals surface area contributed by atoms with Crippen molar-refractivity contribution in [2.75, 3.05) is 26.7 Å². The molecule has 0 N–H and O–H groups in total. The molecule has 0 saturated carbocycles. The SMILES string of the molecule is CN1CCN(Cc2nnsc2Cl)C(c2ccccc2)C1. The van der Waals surface area contributed by atoms with Crippen molar-refractivity contribution in [3.8, 4) is 0 Å². The molecule has 1 unspecified atom stereocenters. The van der Waals surface area contributed by atoms with Crippen LogP contribution >= 0.6 is 23.1 Å². The quantitative estimate of drug-likeness (QED) is 0.872. The van der Waals surface area contributed by atoms with Gasteiger partial charge in [0.2, 0.25) is 0 Å². The summed E-state index contributed by atoms with van der Waals surface area (Å²) in [5, 5.41) is 4.14. The predicted octanol–water partition coefficient (Wildman–Crippen LogP) is 2.68. The molecule has 2 aromatic rings. The maximum atomic E-state index is 6.14. The van der Waals surface area contributed by atoms with Crippen LogP contribution in [0.25, 0.3) is 0 Å². The topological polar surface area (TPSA) is 32.3 Å². The zero-order valence-electron chi connectivity index (χ0n) is 11.4. The molecular weight excluding hydrogens is 292 g/mol. The van der Waals surface area contributed by atoms with E-state index >= 15 is 0 Å². The fourth-order valence-electron chi connectivity index (χ4n) is 2.62. The highest BCUT2D eigenvalue weighted by atomic mass is 35.5. The molecule has 1 saturated heterocycles. The summed E-state index contributed by atoms with van der Waals surface area (Å²) >= 11 is 7.40. The second-order valence-corrected chi connectivity index (χ2v) is 6.51. The van der Waals surface area contributed by atoms with Crippen molar-refractivity contribution >= 4 is 23.1 Å². The molecular formula is C14H17ClN4S. The summed E-state index contributed by atoms with van der Waals surface area (Å²) in [6.45, 7) is 3.88. The first-order valence-corrected chi connectivity index (χ1v) is 7.83. The Bertz CT molecular complexity index is 559. The number of halogens is 1. The molecule has 1 aliphatic rings. The average molecular weight is 309 g/mol. The number of nitrogens with zero attached hydrogens (tertiary/aromatic N) is 4. The Labute approximate surface area is 128 Å². The lowest BCUT2D eigenvalue weighted by atomic mass is 10.0. The predicted molar refractivity (Wildman–Crippen MR) is 82.0 cm³/mol. The molecule has 0 bridgehead atoms. The van der Waals surface area contributed by atoms with E-state index in [0.29, 0.717) is 10.4 Å². The molecule has 1 fully saturated rings. The lowest BCUT2D eigenvalue weighted by Gasteiger charge is -2.40. The zero-order chi connectivity index (χ0) is 13.9. The van der Waals surface area contributed by atoms with Crippen LogP contribution in [0.1, 0.15) is 17.3 Å². The monoisotopic (exact) mass is 308 g/mol. The van der Waals surface area contributed by atoms with Gasteiger partial charge in [-0.25, -0.2) is 0 Å². The molecule has 1 aliphatic heterocycles. The minimum atomic E-state index is 0.382. The van der Waals surface area contributed by atoms with E-state index in [2.05, 4.69) is 56.8 Å². The summed E-state index contributed by atoms with van der Waals surface area (Å²) in [4.78, 5) is 4.81. The highest BCUT2D eigenvalue weighted by Gasteiger charge is 2.27. The van der Waals surface area contributed by atoms with Gasteiger partial charge in [-0.3, -0.25) is 4.90 Å². The Morgan fingerprint density at radius 2 is 2.10 bits per heavy atom. The van der Waals surface area contributed by atoms with E-state index in [1.807, 2.05) is 0 Å². The molecule has 1 aromatic heterocycles. The van der Waals surface area contributed by atoms with Crippen molar-refractivity contribution in [2.24, 2.45) is 0 Å². The van der Waals surface area contributed by atoms with Gasteiger partial charge in [-0.15, -0.1) is 5.10 Å². The maximum absolute atomic E-state index is 6.14. The third kappa shape index (κ3) is 3.01. The van der Waals surface area contributed by atoms with Crippen LogP contribution in [0.15, 0.2) is 30.3 Å². The summed E-state index contributed by atoms with van der Waals surface area (Å²) in [7, 11) is 2.17. The Morgan fingerprint density at radius 3 is 2.80 bits per heavy atom. The van der Waals surface area contributed by atoms with E-state index in [-0.39, 0.29) is 0 Å². The average Bonchev–Trinajstić information content (AvgIpc) is 2.87. The van der Waals surface area contributed by atoms with Gasteiger partial charge < -0.3 is 4.90 Å². The van der Waals surface area contributed by atoms with Crippen LogP contribution in [0.4, 0.5) is 0 Å². The van der Waals surface area contributed by atoms with Crippen LogP contribution in [0.2, 0.25) is 4.34 Å². The number of piperazine rings is 1. The Hall–Kier alpha value is -1.01. The van der Waals surface area contributed by atoms with Crippen molar-refractivity contribution in [2.45, 2.75) is 12.6 Å². The maximum Gasteiger partial charge on any atom is 0.138 e. The molecule has 4 nitrogen and oxygen atoms in total. The summed E-state index contributed by atoms with van der Waals surface area (Å²) in [6.07, 6.45) is 0. The number of aromatic nitrogens is 2. The number of hydrogen-bond acceptors (Lipinski definition) is 5. The molecule has 1 aromatic carbocycles. The largest absolute Gasteiger partial charge is 0.303 e. The van der Waals surface area contributed by atoms with Crippen molar-refractivity contribution in [1.82, 2.24) is 19.4 Å². The van der Waals surface area contributed by atoms with E-state index in [4.69, 9.17) is 11.6 Å². The van der Waals surface area contributed by atoms with Gasteiger partial charge in [0.05, 0.1) is 0 Å². The Kier molecular flexibility index (Phi) is 4.31. The standard InChI is InChI=1S/C14H17ClN4S/c1-18-7-8-19(9-12-14(15)20-17-16-12)13(10-18)11-5-3-2-4-6-11/h2-6,13H,7-10H2,1H3. The number of likely N-dealkylation sites (N-methyl/N-ethyl adjacent to an activating group) is 1. The third-order valence-corrected chi connectivity index (χ3v) is 4.73. The van der Waals surface area contributed by atoms with Gasteiger partial charge in [0, 0.05) is 43.8 Å². The van der Waals surface area contributed by atoms with E-state index in [9.17, 15) is 0 Å². The molecule has 1 atom stereocenters. The minimum absolute atomic E-state index is 0.382. The van der Waals surface area contributed by atoms with E-state index in [1.54, 1.807) is 0 Å². The number of hydrogen-bond donors (Lipinski definition) is 0. The van der Waals surface area contributed by atoms with Crippen LogP contribution in [0, 0.1) is 0 Å². The summed E-state index contributed by atoms with van der Waals surface area (Å²) < 4.78 is 4.63. The van der Waals surface area contributed by atoms with E-state index < -0.39 is 0 Å².